The van der Waals surface area contributed by atoms with Gasteiger partial charge in [0.2, 0.25) is 0 Å². The number of nitro groups is 1. The van der Waals surface area contributed by atoms with Gasteiger partial charge in [0.05, 0.1) is 24.1 Å². The fourth-order valence-corrected chi connectivity index (χ4v) is 2.78. The number of methoxy groups -OCH3 is 1. The van der Waals surface area contributed by atoms with E-state index in [1.54, 1.807) is 18.2 Å². The van der Waals surface area contributed by atoms with Crippen LogP contribution in [0.2, 0.25) is 0 Å². The van der Waals surface area contributed by atoms with Gasteiger partial charge in [0, 0.05) is 30.0 Å². The Bertz CT molecular complexity index is 1110. The summed E-state index contributed by atoms with van der Waals surface area (Å²) in [4.78, 5) is 22.6. The number of rotatable bonds is 5. The number of nitrogens with zero attached hydrogens (tertiary/aromatic N) is 3. The molecule has 0 bridgehead atoms. The smallest absolute Gasteiger partial charge is 0.270 e. The molecule has 2 aromatic carbocycles. The second-order valence-electron chi connectivity index (χ2n) is 5.84. The minimum Gasteiger partial charge on any atom is -0.496 e. The van der Waals surface area contributed by atoms with Crippen molar-refractivity contribution >= 4 is 5.69 Å². The molecule has 0 fully saturated rings. The highest BCUT2D eigenvalue weighted by molar-refractivity contribution is 5.73. The van der Waals surface area contributed by atoms with E-state index in [0.717, 1.165) is 5.56 Å². The Kier molecular flexibility index (Phi) is 4.99. The second kappa shape index (κ2) is 7.54. The number of pyridine rings is 1. The van der Waals surface area contributed by atoms with Gasteiger partial charge in [-0.05, 0) is 29.3 Å². The minimum absolute atomic E-state index is 0.0158. The molecule has 0 aliphatic heterocycles. The molecule has 7 nitrogen and oxygen atoms in total. The van der Waals surface area contributed by atoms with Crippen molar-refractivity contribution < 1.29 is 9.66 Å². The molecule has 0 aliphatic carbocycles. The number of hydrogen-bond donors (Lipinski definition) is 0. The largest absolute Gasteiger partial charge is 0.496 e. The van der Waals surface area contributed by atoms with Gasteiger partial charge in [-0.15, -0.1) is 0 Å². The maximum Gasteiger partial charge on any atom is 0.270 e. The fourth-order valence-electron chi connectivity index (χ4n) is 2.78. The SMILES string of the molecule is COc1ccc(Cn2cc(C#N)ccc2=O)cc1-c1cccc([N+](=O)[O-])c1. The standard InChI is InChI=1S/C20H15N3O4/c1-27-19-7-5-14(12-22-13-15(11-21)6-8-20(22)24)9-18(19)16-3-2-4-17(10-16)23(25)26/h2-10,13H,12H2,1H3. The van der Waals surface area contributed by atoms with Crippen LogP contribution in [0.1, 0.15) is 11.1 Å². The third-order valence-corrected chi connectivity index (χ3v) is 4.10. The van der Waals surface area contributed by atoms with Crippen LogP contribution in [0, 0.1) is 21.4 Å². The van der Waals surface area contributed by atoms with E-state index in [1.807, 2.05) is 18.2 Å². The maximum atomic E-state index is 12.0. The Morgan fingerprint density at radius 1 is 1.19 bits per heavy atom. The van der Waals surface area contributed by atoms with E-state index in [4.69, 9.17) is 10.00 Å². The molecule has 0 atom stereocenters. The van der Waals surface area contributed by atoms with Gasteiger partial charge in [0.25, 0.3) is 11.2 Å². The molecule has 134 valence electrons. The first-order chi connectivity index (χ1) is 13.0. The first-order valence-electron chi connectivity index (χ1n) is 8.04. The van der Waals surface area contributed by atoms with Gasteiger partial charge in [-0.1, -0.05) is 18.2 Å². The summed E-state index contributed by atoms with van der Waals surface area (Å²) in [6.07, 6.45) is 1.50. The predicted octanol–water partition coefficient (Wildman–Crippen LogP) is 3.35. The van der Waals surface area contributed by atoms with Crippen LogP contribution in [0.4, 0.5) is 5.69 Å². The Morgan fingerprint density at radius 2 is 2.00 bits per heavy atom. The fraction of sp³-hybridized carbons (Fsp3) is 0.100. The first kappa shape index (κ1) is 17.9. The third-order valence-electron chi connectivity index (χ3n) is 4.10. The van der Waals surface area contributed by atoms with E-state index >= 15 is 0 Å². The van der Waals surface area contributed by atoms with Crippen LogP contribution in [-0.2, 0) is 6.54 Å². The molecule has 0 saturated heterocycles. The van der Waals surface area contributed by atoms with Gasteiger partial charge in [0.15, 0.2) is 0 Å². The van der Waals surface area contributed by atoms with Gasteiger partial charge in [-0.2, -0.15) is 5.26 Å². The van der Waals surface area contributed by atoms with Crippen molar-refractivity contribution in [1.29, 1.82) is 5.26 Å². The van der Waals surface area contributed by atoms with Crippen LogP contribution in [0.25, 0.3) is 11.1 Å². The van der Waals surface area contributed by atoms with Crippen molar-refractivity contribution in [1.82, 2.24) is 4.57 Å². The van der Waals surface area contributed by atoms with Crippen molar-refractivity contribution in [2.24, 2.45) is 0 Å². The summed E-state index contributed by atoms with van der Waals surface area (Å²) in [6.45, 7) is 0.264. The predicted molar refractivity (Wildman–Crippen MR) is 99.6 cm³/mol. The number of nitro benzene ring substituents is 1. The number of non-ortho nitro benzene ring substituents is 1. The molecule has 0 amide bonds. The first-order valence-corrected chi connectivity index (χ1v) is 8.04. The summed E-state index contributed by atoms with van der Waals surface area (Å²) in [7, 11) is 1.52. The summed E-state index contributed by atoms with van der Waals surface area (Å²) < 4.78 is 6.83. The summed E-state index contributed by atoms with van der Waals surface area (Å²) in [5, 5.41) is 20.1. The van der Waals surface area contributed by atoms with E-state index in [2.05, 4.69) is 0 Å². The van der Waals surface area contributed by atoms with Crippen LogP contribution in [0.15, 0.2) is 65.6 Å². The Balaban J connectivity index is 2.05. The highest BCUT2D eigenvalue weighted by atomic mass is 16.6. The molecule has 0 spiro atoms. The summed E-state index contributed by atoms with van der Waals surface area (Å²) >= 11 is 0. The number of ether oxygens (including phenoxy) is 1. The topological polar surface area (TPSA) is 98.2 Å². The molecule has 7 heteroatoms. The number of aromatic nitrogens is 1. The second-order valence-corrected chi connectivity index (χ2v) is 5.84. The van der Waals surface area contributed by atoms with Crippen molar-refractivity contribution in [2.45, 2.75) is 6.54 Å². The molecule has 0 unspecified atom stereocenters. The molecular weight excluding hydrogens is 346 g/mol. The van der Waals surface area contributed by atoms with E-state index in [0.29, 0.717) is 22.4 Å². The van der Waals surface area contributed by atoms with Crippen LogP contribution in [0.5, 0.6) is 5.75 Å². The number of hydrogen-bond acceptors (Lipinski definition) is 5. The normalized spacial score (nSPS) is 10.2. The molecule has 1 aromatic heterocycles. The van der Waals surface area contributed by atoms with E-state index in [1.165, 1.54) is 42.1 Å². The lowest BCUT2D eigenvalue weighted by Gasteiger charge is -2.12. The highest BCUT2D eigenvalue weighted by Crippen LogP contribution is 2.33. The lowest BCUT2D eigenvalue weighted by Crippen LogP contribution is -2.19. The monoisotopic (exact) mass is 361 g/mol. The zero-order chi connectivity index (χ0) is 19.4. The van der Waals surface area contributed by atoms with Gasteiger partial charge < -0.3 is 9.30 Å². The van der Waals surface area contributed by atoms with Crippen LogP contribution in [-0.4, -0.2) is 16.6 Å². The third kappa shape index (κ3) is 3.85. The maximum absolute atomic E-state index is 12.0. The molecule has 3 aromatic rings. The van der Waals surface area contributed by atoms with Crippen molar-refractivity contribution in [3.05, 3.63) is 92.4 Å². The van der Waals surface area contributed by atoms with E-state index < -0.39 is 4.92 Å². The lowest BCUT2D eigenvalue weighted by atomic mass is 10.0. The molecule has 27 heavy (non-hydrogen) atoms. The zero-order valence-electron chi connectivity index (χ0n) is 14.5. The molecule has 1 heterocycles. The van der Waals surface area contributed by atoms with E-state index in [9.17, 15) is 14.9 Å². The molecule has 0 N–H and O–H groups in total. The van der Waals surface area contributed by atoms with Crippen LogP contribution in [0.3, 0.4) is 0 Å². The van der Waals surface area contributed by atoms with Gasteiger partial charge >= 0.3 is 0 Å². The van der Waals surface area contributed by atoms with Gasteiger partial charge in [-0.25, -0.2) is 0 Å². The van der Waals surface area contributed by atoms with E-state index in [-0.39, 0.29) is 17.8 Å². The Labute approximate surface area is 154 Å². The summed E-state index contributed by atoms with van der Waals surface area (Å²) in [5.74, 6) is 0.567. The Hall–Kier alpha value is -3.92. The molecule has 0 aliphatic rings. The van der Waals surface area contributed by atoms with Crippen molar-refractivity contribution in [2.75, 3.05) is 7.11 Å². The van der Waals surface area contributed by atoms with Crippen molar-refractivity contribution in [3.63, 3.8) is 0 Å². The molecule has 3 rings (SSSR count). The average molecular weight is 361 g/mol. The zero-order valence-corrected chi connectivity index (χ0v) is 14.5. The van der Waals surface area contributed by atoms with Crippen LogP contribution >= 0.6 is 0 Å². The van der Waals surface area contributed by atoms with Gasteiger partial charge in [0.1, 0.15) is 11.8 Å². The van der Waals surface area contributed by atoms with Crippen molar-refractivity contribution in [3.8, 4) is 22.9 Å². The quantitative estimate of drug-likeness (QED) is 0.513. The summed E-state index contributed by atoms with van der Waals surface area (Å²) in [6, 6.07) is 16.5. The highest BCUT2D eigenvalue weighted by Gasteiger charge is 2.12. The minimum atomic E-state index is -0.452. The van der Waals surface area contributed by atoms with Gasteiger partial charge in [-0.3, -0.25) is 14.9 Å². The average Bonchev–Trinajstić information content (AvgIpc) is 2.69. The number of benzene rings is 2. The molecule has 0 saturated carbocycles. The van der Waals surface area contributed by atoms with Crippen LogP contribution < -0.4 is 10.3 Å². The molecule has 0 radical (unpaired) electrons. The Morgan fingerprint density at radius 3 is 2.70 bits per heavy atom. The lowest BCUT2D eigenvalue weighted by molar-refractivity contribution is -0.384. The molecular formula is C20H15N3O4. The number of nitriles is 1. The summed E-state index contributed by atoms with van der Waals surface area (Å²) in [5.41, 5.74) is 2.28.